The highest BCUT2D eigenvalue weighted by molar-refractivity contribution is 6.33. The van der Waals surface area contributed by atoms with Crippen molar-refractivity contribution in [3.8, 4) is 17.1 Å². The van der Waals surface area contributed by atoms with E-state index in [-0.39, 0.29) is 69.8 Å². The molecule has 3 N–H and O–H groups in total. The van der Waals surface area contributed by atoms with E-state index in [4.69, 9.17) is 21.7 Å². The monoisotopic (exact) mass is 844 g/mol. The molecule has 60 heavy (non-hydrogen) atoms. The fraction of sp³-hybridized carbons (Fsp3) is 0.390. The van der Waals surface area contributed by atoms with E-state index in [1.54, 1.807) is 28.5 Å². The van der Waals surface area contributed by atoms with Crippen molar-refractivity contribution in [1.82, 2.24) is 44.2 Å². The number of fused-ring (bicyclic) bond motifs is 6. The van der Waals surface area contributed by atoms with Crippen molar-refractivity contribution in [2.75, 3.05) is 52.1 Å². The molecule has 1 unspecified atom stereocenters. The van der Waals surface area contributed by atoms with E-state index in [1.165, 1.54) is 22.8 Å². The number of nitrogens with one attached hydrogen (secondary N) is 2. The van der Waals surface area contributed by atoms with Crippen LogP contribution in [0.1, 0.15) is 64.1 Å². The van der Waals surface area contributed by atoms with Crippen LogP contribution in [0.2, 0.25) is 5.02 Å². The van der Waals surface area contributed by atoms with Gasteiger partial charge in [0.1, 0.15) is 12.3 Å². The van der Waals surface area contributed by atoms with E-state index < -0.39 is 29.0 Å². The molecule has 4 amide bonds. The minimum absolute atomic E-state index is 0.0126. The van der Waals surface area contributed by atoms with Gasteiger partial charge in [-0.3, -0.25) is 14.4 Å². The maximum absolute atomic E-state index is 14.8. The van der Waals surface area contributed by atoms with Gasteiger partial charge < -0.3 is 35.0 Å². The van der Waals surface area contributed by atoms with Crippen LogP contribution in [0, 0.1) is 5.92 Å². The third kappa shape index (κ3) is 6.61. The number of alkyl halides is 3. The van der Waals surface area contributed by atoms with Gasteiger partial charge in [-0.2, -0.15) is 22.7 Å². The summed E-state index contributed by atoms with van der Waals surface area (Å²) in [6.07, 6.45) is -1.55. The Morgan fingerprint density at radius 1 is 1.07 bits per heavy atom. The fourth-order valence-corrected chi connectivity index (χ4v) is 9.64. The molecule has 4 aliphatic rings. The first-order chi connectivity index (χ1) is 28.7. The number of halogens is 4. The van der Waals surface area contributed by atoms with Crippen molar-refractivity contribution in [1.29, 1.82) is 0 Å². The molecule has 3 fully saturated rings. The highest BCUT2D eigenvalue weighted by atomic mass is 35.5. The number of piperidine rings is 1. The van der Waals surface area contributed by atoms with Gasteiger partial charge in [-0.05, 0) is 61.1 Å². The summed E-state index contributed by atoms with van der Waals surface area (Å²) in [4.78, 5) is 68.9. The van der Waals surface area contributed by atoms with E-state index in [1.807, 2.05) is 29.2 Å². The molecule has 0 bridgehead atoms. The summed E-state index contributed by atoms with van der Waals surface area (Å²) in [5, 5.41) is 20.7. The molecular formula is C41H40ClF3N10O5. The van der Waals surface area contributed by atoms with Crippen molar-refractivity contribution < 1.29 is 32.7 Å². The molecule has 3 atom stereocenters. The number of carbonyl (C=O) groups excluding carboxylic acids is 3. The average molecular weight is 845 g/mol. The van der Waals surface area contributed by atoms with E-state index >= 15 is 0 Å². The quantitative estimate of drug-likeness (QED) is 0.216. The van der Waals surface area contributed by atoms with E-state index in [0.717, 1.165) is 30.2 Å². The topological polar surface area (TPSA) is 170 Å². The number of hydrogen-bond donors (Lipinski definition) is 3. The predicted molar refractivity (Wildman–Crippen MR) is 213 cm³/mol. The maximum Gasteiger partial charge on any atom is 0.416 e. The average Bonchev–Trinajstić information content (AvgIpc) is 3.83. The number of aromatic nitrogens is 5. The summed E-state index contributed by atoms with van der Waals surface area (Å²) in [6.45, 7) is 2.02. The molecule has 2 aliphatic carbocycles. The largest absolute Gasteiger partial charge is 0.505 e. The fourth-order valence-electron chi connectivity index (χ4n) is 9.41. The minimum Gasteiger partial charge on any atom is -0.505 e. The Hall–Kier alpha value is -6.01. The van der Waals surface area contributed by atoms with Gasteiger partial charge in [0.05, 0.1) is 22.3 Å². The van der Waals surface area contributed by atoms with Crippen molar-refractivity contribution in [3.63, 3.8) is 0 Å². The van der Waals surface area contributed by atoms with Gasteiger partial charge in [0.25, 0.3) is 11.5 Å². The number of aromatic hydroxyl groups is 1. The van der Waals surface area contributed by atoms with Gasteiger partial charge in [0, 0.05) is 81.2 Å². The summed E-state index contributed by atoms with van der Waals surface area (Å²) in [6, 6.07) is 12.7. The summed E-state index contributed by atoms with van der Waals surface area (Å²) in [7, 11) is 3.43. The molecule has 3 aromatic heterocycles. The molecule has 2 aliphatic heterocycles. The maximum atomic E-state index is 14.8. The molecule has 2 aromatic carbocycles. The third-order valence-electron chi connectivity index (χ3n) is 12.4. The van der Waals surface area contributed by atoms with Gasteiger partial charge >= 0.3 is 12.2 Å². The number of pyridine rings is 1. The Bertz CT molecular complexity index is 2620. The van der Waals surface area contributed by atoms with E-state index in [2.05, 4.69) is 15.6 Å². The first-order valence-electron chi connectivity index (χ1n) is 19.6. The Labute approximate surface area is 345 Å². The lowest BCUT2D eigenvalue weighted by Crippen LogP contribution is -2.51. The minimum atomic E-state index is -4.63. The smallest absolute Gasteiger partial charge is 0.416 e. The Morgan fingerprint density at radius 3 is 2.50 bits per heavy atom. The lowest BCUT2D eigenvalue weighted by Gasteiger charge is -2.41. The van der Waals surface area contributed by atoms with E-state index in [0.29, 0.717) is 62.4 Å². The third-order valence-corrected chi connectivity index (χ3v) is 12.7. The molecule has 5 heterocycles. The number of nitrogens with zero attached hydrogens (tertiary/aromatic N) is 8. The second kappa shape index (κ2) is 14.6. The molecule has 1 spiro atoms. The van der Waals surface area contributed by atoms with Crippen LogP contribution in [-0.4, -0.2) is 109 Å². The lowest BCUT2D eigenvalue weighted by atomic mass is 9.71. The van der Waals surface area contributed by atoms with Gasteiger partial charge in [-0.1, -0.05) is 35.9 Å². The second-order valence-corrected chi connectivity index (χ2v) is 16.4. The van der Waals surface area contributed by atoms with Gasteiger partial charge in [-0.15, -0.1) is 5.10 Å². The first-order valence-corrected chi connectivity index (χ1v) is 20.0. The highest BCUT2D eigenvalue weighted by Crippen LogP contribution is 2.67. The van der Waals surface area contributed by atoms with Gasteiger partial charge in [-0.25, -0.2) is 9.78 Å². The highest BCUT2D eigenvalue weighted by Gasteiger charge is 2.64. The molecule has 312 valence electrons. The summed E-state index contributed by atoms with van der Waals surface area (Å²) in [5.41, 5.74) is 0.606. The predicted octanol–water partition coefficient (Wildman–Crippen LogP) is 4.89. The summed E-state index contributed by atoms with van der Waals surface area (Å²) < 4.78 is 43.0. The molecule has 15 nitrogen and oxygen atoms in total. The van der Waals surface area contributed by atoms with Crippen LogP contribution in [0.15, 0.2) is 65.6 Å². The SMILES string of the molecule is CN(C)C(=O)N1CCNCC1c1ccc(-c2nc3n(CC(=O)Nc4ccc(C(F)(F)F)cc4Cl)c4c(c(=O)n3n2)C2(CCN(C(=O)c3ncccc3O)CC2)[C@@H]2C[C@H]42)cc1. The number of benzene rings is 2. The number of urea groups is 1. The molecular weight excluding hydrogens is 805 g/mol. The van der Waals surface area contributed by atoms with Gasteiger partial charge in [0.15, 0.2) is 11.5 Å². The second-order valence-electron chi connectivity index (χ2n) is 16.0. The molecule has 0 radical (unpaired) electrons. The van der Waals surface area contributed by atoms with Crippen LogP contribution in [0.3, 0.4) is 0 Å². The van der Waals surface area contributed by atoms with Gasteiger partial charge in [0.2, 0.25) is 11.7 Å². The van der Waals surface area contributed by atoms with Crippen LogP contribution >= 0.6 is 11.6 Å². The van der Waals surface area contributed by atoms with Crippen molar-refractivity contribution in [2.24, 2.45) is 5.92 Å². The number of rotatable bonds is 6. The number of carbonyl (C=O) groups is 3. The van der Waals surface area contributed by atoms with Crippen molar-refractivity contribution >= 4 is 40.9 Å². The number of hydrogen-bond acceptors (Lipinski definition) is 9. The zero-order chi connectivity index (χ0) is 42.2. The first kappa shape index (κ1) is 39.5. The Morgan fingerprint density at radius 2 is 1.82 bits per heavy atom. The molecule has 9 rings (SSSR count). The Kier molecular flexibility index (Phi) is 9.61. The summed E-state index contributed by atoms with van der Waals surface area (Å²) >= 11 is 6.21. The van der Waals surface area contributed by atoms with Crippen molar-refractivity contribution in [3.05, 3.63) is 104 Å². The zero-order valence-electron chi connectivity index (χ0n) is 32.5. The number of piperazine rings is 1. The number of anilines is 1. The number of amides is 4. The van der Waals surface area contributed by atoms with Crippen LogP contribution in [-0.2, 0) is 22.9 Å². The van der Waals surface area contributed by atoms with Crippen LogP contribution in [0.5, 0.6) is 5.75 Å². The zero-order valence-corrected chi connectivity index (χ0v) is 33.3. The lowest BCUT2D eigenvalue weighted by molar-refractivity contribution is -0.137. The molecule has 2 saturated heterocycles. The normalized spacial score (nSPS) is 20.5. The Balaban J connectivity index is 1.08. The number of likely N-dealkylation sites (tertiary alicyclic amines) is 1. The molecule has 1 saturated carbocycles. The standard InChI is InChI=1S/C41H40ClF3N10O5/c1-51(2)39(60)53-17-14-46-20-29(53)22-5-7-23(8-6-22)35-49-38-54(21-31(57)48-28-10-9-24(18-27(28)42)41(43,44)45)34-25-19-26(25)40(32(34)36(58)55(38)50-35)11-15-52(16-12-40)37(59)33-30(56)4-3-13-47-33/h3-10,13,18,25-26,29,46,56H,11-12,14-17,19-21H2,1-2H3,(H,48,57)/t25-,26+,29?/m0/s1. The van der Waals surface area contributed by atoms with E-state index in [9.17, 15) is 37.5 Å². The summed E-state index contributed by atoms with van der Waals surface area (Å²) in [5.74, 6) is -0.922. The van der Waals surface area contributed by atoms with Crippen molar-refractivity contribution in [2.45, 2.75) is 49.4 Å². The molecule has 19 heteroatoms. The van der Waals surface area contributed by atoms with Crippen LogP contribution in [0.25, 0.3) is 17.2 Å². The molecule has 5 aromatic rings. The van der Waals surface area contributed by atoms with Crippen LogP contribution in [0.4, 0.5) is 23.7 Å². The van der Waals surface area contributed by atoms with Crippen LogP contribution < -0.4 is 16.2 Å².